The Balaban J connectivity index is 2.67. The summed E-state index contributed by atoms with van der Waals surface area (Å²) in [5.41, 5.74) is 1.40. The standard InChI is InChI=1S/C15H21NO3/c1-4-16(5-2)13-7-6-8-14(11-13)19-10-9-12(3)15(17)18/h6-9,11H,4-5,10H2,1-3H3,(H,17,18). The lowest BCUT2D eigenvalue weighted by molar-refractivity contribution is -0.132. The van der Waals surface area contributed by atoms with Gasteiger partial charge in [-0.3, -0.25) is 0 Å². The van der Waals surface area contributed by atoms with Gasteiger partial charge in [0, 0.05) is 30.4 Å². The van der Waals surface area contributed by atoms with Crippen LogP contribution in [-0.4, -0.2) is 30.8 Å². The molecule has 4 nitrogen and oxygen atoms in total. The zero-order valence-corrected chi connectivity index (χ0v) is 11.7. The van der Waals surface area contributed by atoms with Crippen molar-refractivity contribution >= 4 is 11.7 Å². The van der Waals surface area contributed by atoms with E-state index in [2.05, 4.69) is 18.7 Å². The molecule has 0 amide bonds. The Bertz CT molecular complexity index is 450. The number of carbonyl (C=O) groups is 1. The minimum absolute atomic E-state index is 0.264. The van der Waals surface area contributed by atoms with Crippen LogP contribution in [0, 0.1) is 0 Å². The first-order valence-electron chi connectivity index (χ1n) is 6.46. The number of benzene rings is 1. The maximum atomic E-state index is 10.6. The van der Waals surface area contributed by atoms with Crippen molar-refractivity contribution in [2.45, 2.75) is 20.8 Å². The van der Waals surface area contributed by atoms with E-state index in [0.717, 1.165) is 24.5 Å². The van der Waals surface area contributed by atoms with Crippen LogP contribution in [0.25, 0.3) is 0 Å². The fourth-order valence-corrected chi connectivity index (χ4v) is 1.71. The molecule has 104 valence electrons. The van der Waals surface area contributed by atoms with E-state index in [1.165, 1.54) is 0 Å². The number of nitrogens with zero attached hydrogens (tertiary/aromatic N) is 1. The van der Waals surface area contributed by atoms with E-state index in [1.807, 2.05) is 24.3 Å². The summed E-state index contributed by atoms with van der Waals surface area (Å²) in [6.45, 7) is 7.92. The first kappa shape index (κ1) is 15.1. The first-order chi connectivity index (χ1) is 9.08. The molecule has 1 aromatic rings. The Morgan fingerprint density at radius 2 is 2.05 bits per heavy atom. The van der Waals surface area contributed by atoms with E-state index in [0.29, 0.717) is 5.57 Å². The zero-order chi connectivity index (χ0) is 14.3. The fourth-order valence-electron chi connectivity index (χ4n) is 1.71. The van der Waals surface area contributed by atoms with E-state index < -0.39 is 5.97 Å². The molecule has 0 aliphatic heterocycles. The highest BCUT2D eigenvalue weighted by molar-refractivity contribution is 5.85. The minimum Gasteiger partial charge on any atom is -0.489 e. The number of ether oxygens (including phenoxy) is 1. The predicted molar refractivity (Wildman–Crippen MR) is 76.9 cm³/mol. The fraction of sp³-hybridized carbons (Fsp3) is 0.400. The third-order valence-electron chi connectivity index (χ3n) is 2.92. The average molecular weight is 263 g/mol. The number of hydrogen-bond donors (Lipinski definition) is 1. The number of aliphatic carboxylic acids is 1. The molecule has 1 rings (SSSR count). The zero-order valence-electron chi connectivity index (χ0n) is 11.7. The van der Waals surface area contributed by atoms with Crippen LogP contribution in [-0.2, 0) is 4.79 Å². The number of rotatable bonds is 7. The van der Waals surface area contributed by atoms with Crippen molar-refractivity contribution < 1.29 is 14.6 Å². The molecule has 0 saturated carbocycles. The molecule has 1 N–H and O–H groups in total. The molecule has 0 heterocycles. The van der Waals surface area contributed by atoms with Crippen LogP contribution in [0.3, 0.4) is 0 Å². The summed E-state index contributed by atoms with van der Waals surface area (Å²) in [6.07, 6.45) is 1.56. The van der Waals surface area contributed by atoms with Crippen molar-refractivity contribution in [3.63, 3.8) is 0 Å². The average Bonchev–Trinajstić information content (AvgIpc) is 2.40. The van der Waals surface area contributed by atoms with Crippen molar-refractivity contribution in [2.75, 3.05) is 24.6 Å². The third kappa shape index (κ3) is 4.66. The van der Waals surface area contributed by atoms with Crippen LogP contribution >= 0.6 is 0 Å². The summed E-state index contributed by atoms with van der Waals surface area (Å²) in [5.74, 6) is -0.167. The second-order valence-electron chi connectivity index (χ2n) is 4.17. The van der Waals surface area contributed by atoms with Gasteiger partial charge >= 0.3 is 5.97 Å². The van der Waals surface area contributed by atoms with E-state index in [4.69, 9.17) is 9.84 Å². The topological polar surface area (TPSA) is 49.8 Å². The lowest BCUT2D eigenvalue weighted by atomic mass is 10.2. The van der Waals surface area contributed by atoms with Crippen LogP contribution < -0.4 is 9.64 Å². The number of carboxylic acid groups (broad SMARTS) is 1. The second kappa shape index (κ2) is 7.46. The van der Waals surface area contributed by atoms with Crippen molar-refractivity contribution in [1.29, 1.82) is 0 Å². The highest BCUT2D eigenvalue weighted by atomic mass is 16.5. The minimum atomic E-state index is -0.916. The maximum absolute atomic E-state index is 10.6. The molecule has 0 fully saturated rings. The molecular formula is C15H21NO3. The van der Waals surface area contributed by atoms with Crippen molar-refractivity contribution in [2.24, 2.45) is 0 Å². The predicted octanol–water partition coefficient (Wildman–Crippen LogP) is 2.94. The highest BCUT2D eigenvalue weighted by Gasteiger charge is 2.03. The van der Waals surface area contributed by atoms with Crippen LogP contribution in [0.1, 0.15) is 20.8 Å². The van der Waals surface area contributed by atoms with Gasteiger partial charge in [-0.2, -0.15) is 0 Å². The van der Waals surface area contributed by atoms with E-state index in [1.54, 1.807) is 13.0 Å². The van der Waals surface area contributed by atoms with E-state index in [-0.39, 0.29) is 6.61 Å². The lowest BCUT2D eigenvalue weighted by Crippen LogP contribution is -2.21. The molecular weight excluding hydrogens is 242 g/mol. The van der Waals surface area contributed by atoms with Crippen molar-refractivity contribution in [3.8, 4) is 5.75 Å². The quantitative estimate of drug-likeness (QED) is 0.768. The second-order valence-corrected chi connectivity index (χ2v) is 4.17. The van der Waals surface area contributed by atoms with Crippen molar-refractivity contribution in [3.05, 3.63) is 35.9 Å². The monoisotopic (exact) mass is 263 g/mol. The van der Waals surface area contributed by atoms with Crippen LogP contribution in [0.2, 0.25) is 0 Å². The molecule has 0 atom stereocenters. The Morgan fingerprint density at radius 3 is 2.63 bits per heavy atom. The largest absolute Gasteiger partial charge is 0.489 e. The molecule has 0 radical (unpaired) electrons. The third-order valence-corrected chi connectivity index (χ3v) is 2.92. The lowest BCUT2D eigenvalue weighted by Gasteiger charge is -2.21. The van der Waals surface area contributed by atoms with Gasteiger partial charge in [0.25, 0.3) is 0 Å². The van der Waals surface area contributed by atoms with E-state index >= 15 is 0 Å². The Hall–Kier alpha value is -1.97. The van der Waals surface area contributed by atoms with Gasteiger partial charge in [0.1, 0.15) is 12.4 Å². The summed E-state index contributed by atoms with van der Waals surface area (Å²) in [4.78, 5) is 12.9. The van der Waals surface area contributed by atoms with Gasteiger partial charge in [-0.25, -0.2) is 4.79 Å². The summed E-state index contributed by atoms with van der Waals surface area (Å²) < 4.78 is 5.54. The first-order valence-corrected chi connectivity index (χ1v) is 6.46. The number of hydrogen-bond acceptors (Lipinski definition) is 3. The summed E-state index contributed by atoms with van der Waals surface area (Å²) in [6, 6.07) is 7.82. The molecule has 19 heavy (non-hydrogen) atoms. The molecule has 0 aliphatic carbocycles. The molecule has 0 bridgehead atoms. The molecule has 0 aromatic heterocycles. The Kier molecular flexibility index (Phi) is 5.93. The van der Waals surface area contributed by atoms with Gasteiger partial charge in [-0.15, -0.1) is 0 Å². The number of anilines is 1. The molecule has 0 spiro atoms. The highest BCUT2D eigenvalue weighted by Crippen LogP contribution is 2.21. The molecule has 0 unspecified atom stereocenters. The number of carboxylic acids is 1. The molecule has 1 aromatic carbocycles. The van der Waals surface area contributed by atoms with Gasteiger partial charge in [0.15, 0.2) is 0 Å². The van der Waals surface area contributed by atoms with Gasteiger partial charge in [-0.1, -0.05) is 6.07 Å². The normalized spacial score (nSPS) is 11.2. The summed E-state index contributed by atoms with van der Waals surface area (Å²) in [7, 11) is 0. The van der Waals surface area contributed by atoms with Gasteiger partial charge in [-0.05, 0) is 39.0 Å². The molecule has 4 heteroatoms. The van der Waals surface area contributed by atoms with Gasteiger partial charge in [0.2, 0.25) is 0 Å². The Labute approximate surface area is 114 Å². The smallest absolute Gasteiger partial charge is 0.331 e. The maximum Gasteiger partial charge on any atom is 0.331 e. The van der Waals surface area contributed by atoms with Crippen LogP contribution in [0.15, 0.2) is 35.9 Å². The van der Waals surface area contributed by atoms with Gasteiger partial charge < -0.3 is 14.7 Å². The van der Waals surface area contributed by atoms with Gasteiger partial charge in [0.05, 0.1) is 0 Å². The molecule has 0 aliphatic rings. The van der Waals surface area contributed by atoms with Crippen LogP contribution in [0.5, 0.6) is 5.75 Å². The SMILES string of the molecule is CCN(CC)c1cccc(OCC=C(C)C(=O)O)c1. The summed E-state index contributed by atoms with van der Waals surface area (Å²) in [5, 5.41) is 8.73. The molecule has 0 saturated heterocycles. The van der Waals surface area contributed by atoms with E-state index in [9.17, 15) is 4.79 Å². The van der Waals surface area contributed by atoms with Crippen LogP contribution in [0.4, 0.5) is 5.69 Å². The summed E-state index contributed by atoms with van der Waals surface area (Å²) >= 11 is 0. The van der Waals surface area contributed by atoms with Crippen molar-refractivity contribution in [1.82, 2.24) is 0 Å². The Morgan fingerprint density at radius 1 is 1.37 bits per heavy atom.